The van der Waals surface area contributed by atoms with E-state index in [1.165, 1.54) is 27.2 Å². The van der Waals surface area contributed by atoms with Crippen LogP contribution in [0.3, 0.4) is 0 Å². The third-order valence-electron chi connectivity index (χ3n) is 3.58. The maximum absolute atomic E-state index is 12.6. The lowest BCUT2D eigenvalue weighted by molar-refractivity contribution is -0.122. The minimum atomic E-state index is 0.0383. The van der Waals surface area contributed by atoms with Gasteiger partial charge in [-0.15, -0.1) is 11.8 Å². The minimum Gasteiger partial charge on any atom is -0.334 e. The molecule has 0 radical (unpaired) electrons. The molecule has 0 spiro atoms. The van der Waals surface area contributed by atoms with Gasteiger partial charge in [0.1, 0.15) is 14.3 Å². The second-order valence-corrected chi connectivity index (χ2v) is 8.29. The second-order valence-electron chi connectivity index (χ2n) is 4.73. The zero-order valence-corrected chi connectivity index (χ0v) is 15.8. The van der Waals surface area contributed by atoms with Crippen molar-refractivity contribution in [3.8, 4) is 0 Å². The highest BCUT2D eigenvalue weighted by Crippen LogP contribution is 2.51. The van der Waals surface area contributed by atoms with Crippen molar-refractivity contribution in [2.45, 2.75) is 23.6 Å². The molecule has 3 nitrogen and oxygen atoms in total. The number of hydrogen-bond donors (Lipinski definition) is 0. The van der Waals surface area contributed by atoms with E-state index in [0.717, 1.165) is 16.5 Å². The van der Waals surface area contributed by atoms with Gasteiger partial charge in [-0.05, 0) is 38.3 Å². The van der Waals surface area contributed by atoms with E-state index in [0.29, 0.717) is 10.9 Å². The van der Waals surface area contributed by atoms with Gasteiger partial charge in [0.05, 0.1) is 5.69 Å². The molecule has 7 heteroatoms. The summed E-state index contributed by atoms with van der Waals surface area (Å²) in [5, 5.41) is 1.02. The number of carbonyl (C=O) groups excluding carboxylic acids is 1. The highest BCUT2D eigenvalue weighted by Gasteiger charge is 2.38. The first kappa shape index (κ1) is 16.2. The highest BCUT2D eigenvalue weighted by molar-refractivity contribution is 8.27. The molecule has 0 atom stereocenters. The van der Waals surface area contributed by atoms with Crippen LogP contribution < -0.4 is 4.90 Å². The van der Waals surface area contributed by atoms with Crippen LogP contribution in [0.25, 0.3) is 0 Å². The molecule has 1 aromatic rings. The molecule has 0 unspecified atom stereocenters. The van der Waals surface area contributed by atoms with E-state index in [1.807, 2.05) is 6.92 Å². The first-order chi connectivity index (χ1) is 10.6. The summed E-state index contributed by atoms with van der Waals surface area (Å²) in [6.45, 7) is 5.53. The van der Waals surface area contributed by atoms with Crippen LogP contribution in [0, 0.1) is 0 Å². The summed E-state index contributed by atoms with van der Waals surface area (Å²) >= 11 is 10.2. The predicted octanol–water partition coefficient (Wildman–Crippen LogP) is 4.39. The van der Waals surface area contributed by atoms with Crippen molar-refractivity contribution in [2.24, 2.45) is 0 Å². The lowest BCUT2D eigenvalue weighted by Gasteiger charge is -2.19. The fraction of sp³-hybridized carbons (Fsp3) is 0.333. The molecule has 1 fully saturated rings. The molecular weight excluding hydrogens is 352 g/mol. The van der Waals surface area contributed by atoms with Crippen LogP contribution in [0.2, 0.25) is 0 Å². The molecule has 0 aliphatic carbocycles. The number of benzene rings is 1. The van der Waals surface area contributed by atoms with Crippen molar-refractivity contribution in [2.75, 3.05) is 24.2 Å². The van der Waals surface area contributed by atoms with E-state index in [-0.39, 0.29) is 5.91 Å². The van der Waals surface area contributed by atoms with Gasteiger partial charge in [0.25, 0.3) is 5.91 Å². The number of carbonyl (C=O) groups is 1. The first-order valence-corrected chi connectivity index (χ1v) is 10.3. The van der Waals surface area contributed by atoms with E-state index in [4.69, 9.17) is 12.2 Å². The van der Waals surface area contributed by atoms with Crippen molar-refractivity contribution in [1.82, 2.24) is 4.90 Å². The monoisotopic (exact) mass is 368 g/mol. The summed E-state index contributed by atoms with van der Waals surface area (Å²) in [5.74, 6) is 0.0383. The van der Waals surface area contributed by atoms with Crippen molar-refractivity contribution in [3.63, 3.8) is 0 Å². The molecule has 0 bridgehead atoms. The fourth-order valence-electron chi connectivity index (χ4n) is 2.47. The van der Waals surface area contributed by atoms with Crippen LogP contribution in [0.1, 0.15) is 13.8 Å². The molecule has 0 aromatic heterocycles. The molecule has 3 rings (SSSR count). The van der Waals surface area contributed by atoms with E-state index >= 15 is 0 Å². The Bertz CT molecular complexity index is 686. The quantitative estimate of drug-likeness (QED) is 0.445. The molecule has 1 amide bonds. The van der Waals surface area contributed by atoms with Gasteiger partial charge in [-0.25, -0.2) is 0 Å². The molecule has 116 valence electrons. The zero-order valence-electron chi connectivity index (χ0n) is 12.6. The molecule has 2 aliphatic rings. The van der Waals surface area contributed by atoms with E-state index in [9.17, 15) is 4.79 Å². The number of fused-ring (bicyclic) bond motifs is 1. The number of likely N-dealkylation sites (N-methyl/N-ethyl adjacent to an activating group) is 1. The summed E-state index contributed by atoms with van der Waals surface area (Å²) in [6, 6.07) is 6.47. The van der Waals surface area contributed by atoms with Crippen LogP contribution in [0.5, 0.6) is 0 Å². The molecule has 22 heavy (non-hydrogen) atoms. The van der Waals surface area contributed by atoms with Gasteiger partial charge in [0.15, 0.2) is 0 Å². The van der Waals surface area contributed by atoms with E-state index in [1.54, 1.807) is 28.4 Å². The van der Waals surface area contributed by atoms with E-state index in [2.05, 4.69) is 36.3 Å². The summed E-state index contributed by atoms with van der Waals surface area (Å²) < 4.78 is 0.660. The molecule has 2 heterocycles. The van der Waals surface area contributed by atoms with Gasteiger partial charge in [-0.1, -0.05) is 35.7 Å². The van der Waals surface area contributed by atoms with Crippen molar-refractivity contribution in [3.05, 3.63) is 28.1 Å². The third-order valence-corrected chi connectivity index (χ3v) is 7.06. The van der Waals surface area contributed by atoms with Gasteiger partial charge in [0, 0.05) is 22.9 Å². The Kier molecular flexibility index (Phi) is 4.77. The van der Waals surface area contributed by atoms with Crippen LogP contribution in [-0.2, 0) is 4.79 Å². The SMILES string of the molecule is CCN1C(=O)/C(=C2\Sc3ccc(SC)cc3N2CC)SC1=S. The van der Waals surface area contributed by atoms with Crippen LogP contribution in [0.4, 0.5) is 5.69 Å². The smallest absolute Gasteiger partial charge is 0.268 e. The Labute approximate surface area is 148 Å². The Hall–Kier alpha value is -0.630. The lowest BCUT2D eigenvalue weighted by atomic mass is 10.3. The Balaban J connectivity index is 2.05. The largest absolute Gasteiger partial charge is 0.334 e. The van der Waals surface area contributed by atoms with Crippen LogP contribution in [0.15, 0.2) is 37.9 Å². The molecule has 0 saturated carbocycles. The summed E-state index contributed by atoms with van der Waals surface area (Å²) in [4.78, 5) is 19.7. The van der Waals surface area contributed by atoms with E-state index < -0.39 is 0 Å². The maximum atomic E-state index is 12.6. The van der Waals surface area contributed by atoms with Gasteiger partial charge in [-0.2, -0.15) is 0 Å². The summed E-state index contributed by atoms with van der Waals surface area (Å²) in [6.07, 6.45) is 2.08. The average molecular weight is 369 g/mol. The highest BCUT2D eigenvalue weighted by atomic mass is 32.2. The van der Waals surface area contributed by atoms with Crippen molar-refractivity contribution in [1.29, 1.82) is 0 Å². The van der Waals surface area contributed by atoms with Gasteiger partial charge in [0.2, 0.25) is 0 Å². The third kappa shape index (κ3) is 2.58. The number of thioether (sulfide) groups is 3. The minimum absolute atomic E-state index is 0.0383. The zero-order chi connectivity index (χ0) is 15.9. The van der Waals surface area contributed by atoms with Gasteiger partial charge in [-0.3, -0.25) is 9.69 Å². The lowest BCUT2D eigenvalue weighted by Crippen LogP contribution is -2.28. The van der Waals surface area contributed by atoms with Crippen molar-refractivity contribution >= 4 is 63.4 Å². The fourth-order valence-corrected chi connectivity index (χ4v) is 5.65. The molecule has 1 saturated heterocycles. The van der Waals surface area contributed by atoms with Crippen LogP contribution >= 0.6 is 47.5 Å². The maximum Gasteiger partial charge on any atom is 0.268 e. The number of nitrogens with zero attached hydrogens (tertiary/aromatic N) is 2. The van der Waals surface area contributed by atoms with Gasteiger partial charge >= 0.3 is 0 Å². The normalized spacial score (nSPS) is 21.0. The van der Waals surface area contributed by atoms with Crippen molar-refractivity contribution < 1.29 is 4.79 Å². The Morgan fingerprint density at radius 1 is 1.18 bits per heavy atom. The topological polar surface area (TPSA) is 23.6 Å². The Morgan fingerprint density at radius 2 is 1.91 bits per heavy atom. The molecular formula is C15H16N2OS4. The van der Waals surface area contributed by atoms with Gasteiger partial charge < -0.3 is 4.90 Å². The molecule has 1 aromatic carbocycles. The number of thiocarbonyl (C=S) groups is 1. The number of anilines is 1. The summed E-state index contributed by atoms with van der Waals surface area (Å²) in [5.41, 5.74) is 1.19. The standard InChI is InChI=1S/C15H16N2OS4/c1-4-16-10-8-9(20-3)6-7-11(10)21-14(16)12-13(18)17(5-2)15(19)22-12/h6-8H,4-5H2,1-3H3/b14-12+. The number of hydrogen-bond acceptors (Lipinski definition) is 6. The molecule has 2 aliphatic heterocycles. The van der Waals surface area contributed by atoms with Crippen LogP contribution in [-0.4, -0.2) is 34.5 Å². The summed E-state index contributed by atoms with van der Waals surface area (Å²) in [7, 11) is 0. The number of rotatable bonds is 3. The Morgan fingerprint density at radius 3 is 2.50 bits per heavy atom. The predicted molar refractivity (Wildman–Crippen MR) is 102 cm³/mol. The average Bonchev–Trinajstić information content (AvgIpc) is 3.03. The first-order valence-electron chi connectivity index (χ1n) is 7.02. The second kappa shape index (κ2) is 6.47. The molecule has 0 N–H and O–H groups in total. The number of amides is 1.